The van der Waals surface area contributed by atoms with Crippen LogP contribution >= 0.6 is 0 Å². The van der Waals surface area contributed by atoms with Crippen LogP contribution < -0.4 is 20.1 Å². The van der Waals surface area contributed by atoms with Crippen LogP contribution in [0, 0.1) is 0 Å². The normalized spacial score (nSPS) is 18.4. The van der Waals surface area contributed by atoms with Gasteiger partial charge in [-0.3, -0.25) is 4.98 Å². The molecule has 1 fully saturated rings. The van der Waals surface area contributed by atoms with Crippen molar-refractivity contribution in [3.8, 4) is 11.5 Å². The molecule has 1 aliphatic carbocycles. The molecule has 0 saturated carbocycles. The number of nitrogens with one attached hydrogen (secondary N) is 2. The molecule has 0 bridgehead atoms. The minimum absolute atomic E-state index is 0.513. The third-order valence-corrected chi connectivity index (χ3v) is 5.95. The molecule has 0 atom stereocenters. The highest BCUT2D eigenvalue weighted by molar-refractivity contribution is 5.96. The zero-order chi connectivity index (χ0) is 18.6. The van der Waals surface area contributed by atoms with Crippen LogP contribution in [0.5, 0.6) is 11.5 Å². The van der Waals surface area contributed by atoms with Crippen molar-refractivity contribution < 1.29 is 9.47 Å². The maximum atomic E-state index is 5.59. The van der Waals surface area contributed by atoms with Crippen LogP contribution in [0.2, 0.25) is 0 Å². The third kappa shape index (κ3) is 3.84. The molecular formula is C22H31N3O2. The lowest BCUT2D eigenvalue weighted by atomic mass is 9.93. The van der Waals surface area contributed by atoms with Gasteiger partial charge < -0.3 is 20.1 Å². The summed E-state index contributed by atoms with van der Waals surface area (Å²) in [5, 5.41) is 8.53. The van der Waals surface area contributed by atoms with Crippen molar-refractivity contribution in [3.05, 3.63) is 23.4 Å². The number of pyridine rings is 1. The summed E-state index contributed by atoms with van der Waals surface area (Å²) < 4.78 is 11.1. The first kappa shape index (κ1) is 18.4. The molecule has 1 aromatic carbocycles. The smallest absolute Gasteiger partial charge is 0.162 e. The van der Waals surface area contributed by atoms with E-state index in [9.17, 15) is 0 Å². The topological polar surface area (TPSA) is 55.4 Å². The molecule has 4 rings (SSSR count). The molecule has 0 unspecified atom stereocenters. The summed E-state index contributed by atoms with van der Waals surface area (Å²) in [6.07, 6.45) is 9.59. The predicted octanol–water partition coefficient (Wildman–Crippen LogP) is 4.07. The number of methoxy groups -OCH3 is 2. The van der Waals surface area contributed by atoms with Crippen LogP contribution in [0.4, 0.5) is 5.69 Å². The summed E-state index contributed by atoms with van der Waals surface area (Å²) in [7, 11) is 3.39. The number of rotatable bonds is 4. The average Bonchev–Trinajstić information content (AvgIpc) is 2.69. The minimum atomic E-state index is 0.513. The number of nitrogens with zero attached hydrogens (tertiary/aromatic N) is 1. The van der Waals surface area contributed by atoms with Gasteiger partial charge in [-0.25, -0.2) is 0 Å². The van der Waals surface area contributed by atoms with E-state index in [-0.39, 0.29) is 0 Å². The Morgan fingerprint density at radius 1 is 0.963 bits per heavy atom. The molecule has 5 heteroatoms. The highest BCUT2D eigenvalue weighted by atomic mass is 16.5. The fourth-order valence-corrected chi connectivity index (χ4v) is 4.44. The van der Waals surface area contributed by atoms with E-state index in [1.165, 1.54) is 42.6 Å². The quantitative estimate of drug-likeness (QED) is 0.851. The highest BCUT2D eigenvalue weighted by Crippen LogP contribution is 2.39. The molecule has 146 valence electrons. The average molecular weight is 370 g/mol. The first-order valence-electron chi connectivity index (χ1n) is 10.3. The van der Waals surface area contributed by atoms with Crippen molar-refractivity contribution in [1.82, 2.24) is 10.3 Å². The van der Waals surface area contributed by atoms with Gasteiger partial charge in [0.1, 0.15) is 0 Å². The summed E-state index contributed by atoms with van der Waals surface area (Å²) in [5.74, 6) is 1.52. The Kier molecular flexibility index (Phi) is 5.67. The van der Waals surface area contributed by atoms with Gasteiger partial charge in [-0.1, -0.05) is 12.8 Å². The lowest BCUT2D eigenvalue weighted by molar-refractivity contribution is 0.356. The van der Waals surface area contributed by atoms with Gasteiger partial charge in [0.05, 0.1) is 19.7 Å². The SMILES string of the molecule is COc1cc2nc3c(c(NC4CCNCC4)c2cc1OC)CCCCCC3. The zero-order valence-corrected chi connectivity index (χ0v) is 16.6. The number of fused-ring (bicyclic) bond motifs is 2. The first-order chi connectivity index (χ1) is 13.3. The van der Waals surface area contributed by atoms with Crippen LogP contribution in [0.1, 0.15) is 49.8 Å². The largest absolute Gasteiger partial charge is 0.493 e. The number of hydrogen-bond donors (Lipinski definition) is 2. The second-order valence-corrected chi connectivity index (χ2v) is 7.72. The van der Waals surface area contributed by atoms with E-state index in [2.05, 4.69) is 16.7 Å². The van der Waals surface area contributed by atoms with Crippen molar-refractivity contribution in [2.75, 3.05) is 32.6 Å². The number of ether oxygens (including phenoxy) is 2. The van der Waals surface area contributed by atoms with E-state index in [0.29, 0.717) is 6.04 Å². The van der Waals surface area contributed by atoms with Gasteiger partial charge in [-0.05, 0) is 63.2 Å². The molecule has 1 saturated heterocycles. The van der Waals surface area contributed by atoms with Gasteiger partial charge in [0.15, 0.2) is 11.5 Å². The summed E-state index contributed by atoms with van der Waals surface area (Å²) in [4.78, 5) is 5.07. The number of aryl methyl sites for hydroxylation is 1. The van der Waals surface area contributed by atoms with Gasteiger partial charge in [0, 0.05) is 28.9 Å². The van der Waals surface area contributed by atoms with Crippen LogP contribution in [0.15, 0.2) is 12.1 Å². The fourth-order valence-electron chi connectivity index (χ4n) is 4.44. The number of hydrogen-bond acceptors (Lipinski definition) is 5. The van der Waals surface area contributed by atoms with E-state index < -0.39 is 0 Å². The molecule has 2 N–H and O–H groups in total. The standard InChI is InChI=1S/C22H31N3O2/c1-26-20-13-17-19(14-21(20)27-2)25-18-8-6-4-3-5-7-16(18)22(17)24-15-9-11-23-12-10-15/h13-15,23H,3-12H2,1-2H3,(H,24,25). The Balaban J connectivity index is 1.86. The maximum absolute atomic E-state index is 5.59. The number of anilines is 1. The van der Waals surface area contributed by atoms with Gasteiger partial charge in [-0.2, -0.15) is 0 Å². The Bertz CT molecular complexity index is 800. The van der Waals surface area contributed by atoms with Crippen molar-refractivity contribution >= 4 is 16.6 Å². The number of piperidine rings is 1. The molecule has 0 spiro atoms. The Morgan fingerprint density at radius 2 is 1.67 bits per heavy atom. The summed E-state index contributed by atoms with van der Waals surface area (Å²) in [5.41, 5.74) is 4.98. The van der Waals surface area contributed by atoms with Crippen molar-refractivity contribution in [1.29, 1.82) is 0 Å². The van der Waals surface area contributed by atoms with E-state index in [1.807, 2.05) is 6.07 Å². The molecule has 2 aromatic rings. The van der Waals surface area contributed by atoms with Gasteiger partial charge in [0.25, 0.3) is 0 Å². The summed E-state index contributed by atoms with van der Waals surface area (Å²) in [6, 6.07) is 4.64. The number of aromatic nitrogens is 1. The summed E-state index contributed by atoms with van der Waals surface area (Å²) in [6.45, 7) is 2.17. The zero-order valence-electron chi connectivity index (χ0n) is 16.6. The minimum Gasteiger partial charge on any atom is -0.493 e. The Labute approximate surface area is 161 Å². The van der Waals surface area contributed by atoms with Crippen molar-refractivity contribution in [2.45, 2.75) is 57.4 Å². The highest BCUT2D eigenvalue weighted by Gasteiger charge is 2.21. The molecule has 1 aliphatic heterocycles. The fraction of sp³-hybridized carbons (Fsp3) is 0.591. The third-order valence-electron chi connectivity index (χ3n) is 5.95. The first-order valence-corrected chi connectivity index (χ1v) is 10.3. The molecule has 2 heterocycles. The maximum Gasteiger partial charge on any atom is 0.162 e. The molecule has 0 amide bonds. The van der Waals surface area contributed by atoms with Crippen LogP contribution in [0.25, 0.3) is 10.9 Å². The molecule has 27 heavy (non-hydrogen) atoms. The lowest BCUT2D eigenvalue weighted by Crippen LogP contribution is -2.35. The lowest BCUT2D eigenvalue weighted by Gasteiger charge is -2.28. The second-order valence-electron chi connectivity index (χ2n) is 7.72. The van der Waals surface area contributed by atoms with E-state index in [1.54, 1.807) is 14.2 Å². The number of benzene rings is 1. The van der Waals surface area contributed by atoms with Crippen LogP contribution in [0.3, 0.4) is 0 Å². The Morgan fingerprint density at radius 3 is 2.41 bits per heavy atom. The molecule has 0 radical (unpaired) electrons. The predicted molar refractivity (Wildman–Crippen MR) is 110 cm³/mol. The van der Waals surface area contributed by atoms with E-state index in [0.717, 1.165) is 61.2 Å². The van der Waals surface area contributed by atoms with E-state index in [4.69, 9.17) is 14.5 Å². The molecular weight excluding hydrogens is 338 g/mol. The van der Waals surface area contributed by atoms with Crippen LogP contribution in [-0.4, -0.2) is 38.3 Å². The Hall–Kier alpha value is -2.01. The molecule has 2 aliphatic rings. The van der Waals surface area contributed by atoms with Crippen molar-refractivity contribution in [3.63, 3.8) is 0 Å². The van der Waals surface area contributed by atoms with Crippen molar-refractivity contribution in [2.24, 2.45) is 0 Å². The van der Waals surface area contributed by atoms with E-state index >= 15 is 0 Å². The van der Waals surface area contributed by atoms with Gasteiger partial charge in [0.2, 0.25) is 0 Å². The van der Waals surface area contributed by atoms with Crippen LogP contribution in [-0.2, 0) is 12.8 Å². The summed E-state index contributed by atoms with van der Waals surface area (Å²) >= 11 is 0. The monoisotopic (exact) mass is 369 g/mol. The molecule has 5 nitrogen and oxygen atoms in total. The van der Waals surface area contributed by atoms with Gasteiger partial charge in [-0.15, -0.1) is 0 Å². The molecule has 1 aromatic heterocycles. The van der Waals surface area contributed by atoms with Gasteiger partial charge >= 0.3 is 0 Å². The second kappa shape index (κ2) is 8.34.